The third-order valence-corrected chi connectivity index (χ3v) is 5.67. The van der Waals surface area contributed by atoms with Crippen LogP contribution in [-0.4, -0.2) is 26.2 Å². The highest BCUT2D eigenvalue weighted by Crippen LogP contribution is 2.27. The van der Waals surface area contributed by atoms with Gasteiger partial charge in [-0.3, -0.25) is 0 Å². The Bertz CT molecular complexity index is 619. The third kappa shape index (κ3) is 3.53. The predicted molar refractivity (Wildman–Crippen MR) is 78.7 cm³/mol. The van der Waals surface area contributed by atoms with E-state index in [2.05, 4.69) is 4.72 Å². The number of nitrogens with one attached hydrogen (secondary N) is 1. The summed E-state index contributed by atoms with van der Waals surface area (Å²) in [5.74, 6) is -0.738. The quantitative estimate of drug-likeness (QED) is 0.735. The third-order valence-electron chi connectivity index (χ3n) is 4.06. The molecule has 0 spiro atoms. The Hall–Kier alpha value is -1.18. The molecule has 0 aliphatic heterocycles. The molecule has 118 valence electrons. The fourth-order valence-electron chi connectivity index (χ4n) is 2.80. The van der Waals surface area contributed by atoms with Gasteiger partial charge in [0.05, 0.1) is 4.90 Å². The zero-order valence-corrected chi connectivity index (χ0v) is 12.8. The Morgan fingerprint density at radius 2 is 2.05 bits per heavy atom. The van der Waals surface area contributed by atoms with Crippen LogP contribution in [0.3, 0.4) is 0 Å². The highest BCUT2D eigenvalue weighted by molar-refractivity contribution is 7.89. The summed E-state index contributed by atoms with van der Waals surface area (Å²) < 4.78 is 41.2. The predicted octanol–water partition coefficient (Wildman–Crippen LogP) is 1.55. The zero-order valence-electron chi connectivity index (χ0n) is 12.0. The van der Waals surface area contributed by atoms with E-state index >= 15 is 0 Å². The molecule has 1 aliphatic carbocycles. The molecule has 1 saturated carbocycles. The number of benzene rings is 1. The van der Waals surface area contributed by atoms with E-state index in [0.717, 1.165) is 25.3 Å². The molecule has 0 aromatic heterocycles. The van der Waals surface area contributed by atoms with E-state index in [1.807, 2.05) is 0 Å². The monoisotopic (exact) mass is 316 g/mol. The van der Waals surface area contributed by atoms with Gasteiger partial charge in [-0.15, -0.1) is 0 Å². The molecule has 1 aromatic rings. The first-order chi connectivity index (χ1) is 9.85. The van der Waals surface area contributed by atoms with Gasteiger partial charge in [-0.2, -0.15) is 0 Å². The van der Waals surface area contributed by atoms with Gasteiger partial charge < -0.3 is 10.8 Å². The molecule has 5 nitrogen and oxygen atoms in total. The molecular weight excluding hydrogens is 295 g/mol. The van der Waals surface area contributed by atoms with E-state index in [-0.39, 0.29) is 34.7 Å². The van der Waals surface area contributed by atoms with Gasteiger partial charge in [0.2, 0.25) is 10.0 Å². The van der Waals surface area contributed by atoms with Crippen molar-refractivity contribution < 1.29 is 17.9 Å². The Balaban J connectivity index is 2.30. The highest BCUT2D eigenvalue weighted by Gasteiger charge is 2.30. The van der Waals surface area contributed by atoms with Gasteiger partial charge in [0.15, 0.2) is 0 Å². The topological polar surface area (TPSA) is 92.4 Å². The Morgan fingerprint density at radius 3 is 2.71 bits per heavy atom. The number of sulfonamides is 1. The summed E-state index contributed by atoms with van der Waals surface area (Å²) in [4.78, 5) is -0.137. The van der Waals surface area contributed by atoms with Crippen molar-refractivity contribution in [2.45, 2.75) is 43.5 Å². The van der Waals surface area contributed by atoms with Crippen molar-refractivity contribution in [2.24, 2.45) is 5.92 Å². The lowest BCUT2D eigenvalue weighted by atomic mass is 9.86. The van der Waals surface area contributed by atoms with Crippen LogP contribution in [0.1, 0.15) is 31.2 Å². The molecule has 2 unspecified atom stereocenters. The van der Waals surface area contributed by atoms with Crippen molar-refractivity contribution in [3.05, 3.63) is 23.5 Å². The Labute approximate surface area is 124 Å². The molecule has 0 heterocycles. The van der Waals surface area contributed by atoms with Crippen LogP contribution in [0.5, 0.6) is 0 Å². The number of halogens is 1. The second-order valence-corrected chi connectivity index (χ2v) is 7.26. The van der Waals surface area contributed by atoms with Crippen LogP contribution in [0, 0.1) is 18.7 Å². The molecule has 4 N–H and O–H groups in total. The highest BCUT2D eigenvalue weighted by atomic mass is 32.2. The van der Waals surface area contributed by atoms with Gasteiger partial charge in [-0.1, -0.05) is 12.8 Å². The molecule has 0 bridgehead atoms. The standard InChI is InChI=1S/C14H21FN2O3S/c1-9-12(15)6-11(16)7-14(9)21(19,20)17-13-5-3-2-4-10(13)8-18/h6-7,10,13,17-18H,2-5,8,16H2,1H3. The van der Waals surface area contributed by atoms with E-state index in [0.29, 0.717) is 6.42 Å². The van der Waals surface area contributed by atoms with Crippen molar-refractivity contribution in [1.29, 1.82) is 0 Å². The van der Waals surface area contributed by atoms with E-state index in [4.69, 9.17) is 5.73 Å². The number of nitrogens with two attached hydrogens (primary N) is 1. The summed E-state index contributed by atoms with van der Waals surface area (Å²) in [7, 11) is -3.86. The Morgan fingerprint density at radius 1 is 1.38 bits per heavy atom. The molecular formula is C14H21FN2O3S. The molecule has 2 atom stereocenters. The number of nitrogen functional groups attached to an aromatic ring is 1. The number of aliphatic hydroxyl groups excluding tert-OH is 1. The van der Waals surface area contributed by atoms with E-state index in [9.17, 15) is 17.9 Å². The smallest absolute Gasteiger partial charge is 0.241 e. The second kappa shape index (κ2) is 6.29. The maximum atomic E-state index is 13.7. The lowest BCUT2D eigenvalue weighted by Gasteiger charge is -2.30. The molecule has 0 saturated heterocycles. The maximum Gasteiger partial charge on any atom is 0.241 e. The number of anilines is 1. The molecule has 1 fully saturated rings. The minimum Gasteiger partial charge on any atom is -0.399 e. The van der Waals surface area contributed by atoms with Crippen LogP contribution >= 0.6 is 0 Å². The summed E-state index contributed by atoms with van der Waals surface area (Å²) in [6.07, 6.45) is 3.35. The van der Waals surface area contributed by atoms with Gasteiger partial charge in [-0.25, -0.2) is 17.5 Å². The minimum absolute atomic E-state index is 0.0491. The fraction of sp³-hybridized carbons (Fsp3) is 0.571. The average Bonchev–Trinajstić information content (AvgIpc) is 2.43. The van der Waals surface area contributed by atoms with Crippen molar-refractivity contribution in [3.63, 3.8) is 0 Å². The molecule has 7 heteroatoms. The summed E-state index contributed by atoms with van der Waals surface area (Å²) >= 11 is 0. The normalized spacial score (nSPS) is 23.2. The summed E-state index contributed by atoms with van der Waals surface area (Å²) in [6.45, 7) is 1.35. The van der Waals surface area contributed by atoms with E-state index in [1.165, 1.54) is 13.0 Å². The maximum absolute atomic E-state index is 13.7. The van der Waals surface area contributed by atoms with Crippen LogP contribution < -0.4 is 10.5 Å². The SMILES string of the molecule is Cc1c(F)cc(N)cc1S(=O)(=O)NC1CCCCC1CO. The first-order valence-corrected chi connectivity index (χ1v) is 8.52. The van der Waals surface area contributed by atoms with Crippen molar-refractivity contribution in [1.82, 2.24) is 4.72 Å². The largest absolute Gasteiger partial charge is 0.399 e. The van der Waals surface area contributed by atoms with Crippen LogP contribution in [-0.2, 0) is 10.0 Å². The van der Waals surface area contributed by atoms with Crippen molar-refractivity contribution >= 4 is 15.7 Å². The average molecular weight is 316 g/mol. The number of rotatable bonds is 4. The molecule has 0 amide bonds. The number of hydrogen-bond donors (Lipinski definition) is 3. The summed E-state index contributed by atoms with van der Waals surface area (Å²) in [5.41, 5.74) is 5.66. The van der Waals surface area contributed by atoms with E-state index in [1.54, 1.807) is 0 Å². The summed E-state index contributed by atoms with van der Waals surface area (Å²) in [5, 5.41) is 9.36. The van der Waals surface area contributed by atoms with Gasteiger partial charge in [-0.05, 0) is 37.8 Å². The van der Waals surface area contributed by atoms with Crippen molar-refractivity contribution in [2.75, 3.05) is 12.3 Å². The first kappa shape index (κ1) is 16.2. The lowest BCUT2D eigenvalue weighted by molar-refractivity contribution is 0.164. The first-order valence-electron chi connectivity index (χ1n) is 7.04. The van der Waals surface area contributed by atoms with Crippen LogP contribution in [0.15, 0.2) is 17.0 Å². The fourth-order valence-corrected chi connectivity index (χ4v) is 4.42. The van der Waals surface area contributed by atoms with Gasteiger partial charge >= 0.3 is 0 Å². The van der Waals surface area contributed by atoms with E-state index < -0.39 is 15.8 Å². The molecule has 1 aromatic carbocycles. The van der Waals surface area contributed by atoms with Crippen LogP contribution in [0.4, 0.5) is 10.1 Å². The number of aliphatic hydroxyl groups is 1. The molecule has 2 rings (SSSR count). The van der Waals surface area contributed by atoms with Crippen LogP contribution in [0.25, 0.3) is 0 Å². The van der Waals surface area contributed by atoms with Crippen LogP contribution in [0.2, 0.25) is 0 Å². The van der Waals surface area contributed by atoms with Gasteiger partial charge in [0.1, 0.15) is 5.82 Å². The van der Waals surface area contributed by atoms with Gasteiger partial charge in [0, 0.05) is 23.9 Å². The second-order valence-electron chi connectivity index (χ2n) is 5.58. The molecule has 0 radical (unpaired) electrons. The van der Waals surface area contributed by atoms with Crippen molar-refractivity contribution in [3.8, 4) is 0 Å². The Kier molecular flexibility index (Phi) is 4.85. The molecule has 21 heavy (non-hydrogen) atoms. The number of hydrogen-bond acceptors (Lipinski definition) is 4. The zero-order chi connectivity index (χ0) is 15.6. The summed E-state index contributed by atoms with van der Waals surface area (Å²) in [6, 6.07) is 2.04. The lowest BCUT2D eigenvalue weighted by Crippen LogP contribution is -2.43. The molecule has 1 aliphatic rings. The van der Waals surface area contributed by atoms with Gasteiger partial charge in [0.25, 0.3) is 0 Å². The minimum atomic E-state index is -3.86.